The molecule has 0 saturated heterocycles. The molecule has 0 atom stereocenters. The van der Waals surface area contributed by atoms with Gasteiger partial charge in [0.25, 0.3) is 0 Å². The van der Waals surface area contributed by atoms with E-state index in [-0.39, 0.29) is 4.90 Å². The highest BCUT2D eigenvalue weighted by Gasteiger charge is 2.11. The summed E-state index contributed by atoms with van der Waals surface area (Å²) in [6.45, 7) is 0. The largest absolute Gasteiger partial charge is 0.238 e. The predicted octanol–water partition coefficient (Wildman–Crippen LogP) is 3.95. The zero-order valence-electron chi connectivity index (χ0n) is 12.4. The summed E-state index contributed by atoms with van der Waals surface area (Å²) in [6, 6.07) is 16.4. The number of nitrogens with two attached hydrogens (primary N) is 1. The molecule has 24 heavy (non-hydrogen) atoms. The number of halogens is 2. The van der Waals surface area contributed by atoms with Gasteiger partial charge in [0, 0.05) is 6.07 Å². The van der Waals surface area contributed by atoms with Crippen molar-refractivity contribution in [2.75, 3.05) is 0 Å². The second-order valence-corrected chi connectivity index (χ2v) is 6.83. The van der Waals surface area contributed by atoms with Crippen LogP contribution >= 0.6 is 0 Å². The molecule has 0 heterocycles. The molecule has 0 unspecified atom stereocenters. The maximum Gasteiger partial charge on any atom is 0.238 e. The molecular weight excluding hydrogens is 332 g/mol. The van der Waals surface area contributed by atoms with Crippen molar-refractivity contribution >= 4 is 10.0 Å². The Bertz CT molecular complexity index is 980. The molecule has 3 aromatic carbocycles. The SMILES string of the molecule is NS(=O)(=O)c1ccc(-c2ccccc2-c2cc(F)cc(F)c2)cc1. The first-order chi connectivity index (χ1) is 11.3. The lowest BCUT2D eigenvalue weighted by Crippen LogP contribution is -2.11. The summed E-state index contributed by atoms with van der Waals surface area (Å²) in [6.07, 6.45) is 0. The molecule has 0 saturated carbocycles. The molecule has 0 aromatic heterocycles. The van der Waals surface area contributed by atoms with Gasteiger partial charge in [0.15, 0.2) is 0 Å². The minimum atomic E-state index is -3.77. The molecule has 3 aromatic rings. The van der Waals surface area contributed by atoms with Crippen LogP contribution < -0.4 is 5.14 Å². The van der Waals surface area contributed by atoms with Crippen molar-refractivity contribution in [2.45, 2.75) is 4.90 Å². The Morgan fingerprint density at radius 3 is 1.71 bits per heavy atom. The minimum absolute atomic E-state index is 0.000492. The molecule has 0 aliphatic carbocycles. The Kier molecular flexibility index (Phi) is 4.17. The summed E-state index contributed by atoms with van der Waals surface area (Å²) in [7, 11) is -3.77. The van der Waals surface area contributed by atoms with Crippen molar-refractivity contribution in [1.82, 2.24) is 0 Å². The molecule has 0 aliphatic rings. The van der Waals surface area contributed by atoms with E-state index in [0.29, 0.717) is 16.7 Å². The number of benzene rings is 3. The highest BCUT2D eigenvalue weighted by molar-refractivity contribution is 7.89. The van der Waals surface area contributed by atoms with Crippen LogP contribution in [0.25, 0.3) is 22.3 Å². The topological polar surface area (TPSA) is 60.2 Å². The van der Waals surface area contributed by atoms with Crippen LogP contribution in [0.3, 0.4) is 0 Å². The number of hydrogen-bond donors (Lipinski definition) is 1. The van der Waals surface area contributed by atoms with Crippen LogP contribution in [0, 0.1) is 11.6 Å². The molecule has 6 heteroatoms. The first-order valence-electron chi connectivity index (χ1n) is 7.03. The van der Waals surface area contributed by atoms with Crippen LogP contribution in [0.4, 0.5) is 8.78 Å². The van der Waals surface area contributed by atoms with Gasteiger partial charge in [-0.3, -0.25) is 0 Å². The molecule has 3 rings (SSSR count). The number of rotatable bonds is 3. The standard InChI is InChI=1S/C18H13F2NO2S/c19-14-9-13(10-15(20)11-14)18-4-2-1-3-17(18)12-5-7-16(8-6-12)24(21,22)23/h1-11H,(H2,21,22,23). The van der Waals surface area contributed by atoms with Gasteiger partial charge in [-0.15, -0.1) is 0 Å². The third-order valence-corrected chi connectivity index (χ3v) is 4.52. The molecule has 0 fully saturated rings. The Labute approximate surface area is 138 Å². The lowest BCUT2D eigenvalue weighted by molar-refractivity contribution is 0.584. The summed E-state index contributed by atoms with van der Waals surface area (Å²) >= 11 is 0. The van der Waals surface area contributed by atoms with Crippen LogP contribution in [-0.2, 0) is 10.0 Å². The van der Waals surface area contributed by atoms with Crippen LogP contribution in [-0.4, -0.2) is 8.42 Å². The second kappa shape index (κ2) is 6.14. The summed E-state index contributed by atoms with van der Waals surface area (Å²) in [5.74, 6) is -1.33. The van der Waals surface area contributed by atoms with Gasteiger partial charge in [0.1, 0.15) is 11.6 Å². The molecule has 0 spiro atoms. The molecular formula is C18H13F2NO2S. The van der Waals surface area contributed by atoms with Gasteiger partial charge in [0.2, 0.25) is 10.0 Å². The van der Waals surface area contributed by atoms with Gasteiger partial charge in [-0.05, 0) is 46.5 Å². The van der Waals surface area contributed by atoms with Crippen molar-refractivity contribution in [1.29, 1.82) is 0 Å². The maximum absolute atomic E-state index is 13.5. The zero-order valence-corrected chi connectivity index (χ0v) is 13.2. The number of sulfonamides is 1. The molecule has 2 N–H and O–H groups in total. The Morgan fingerprint density at radius 2 is 1.21 bits per heavy atom. The Balaban J connectivity index is 2.13. The monoisotopic (exact) mass is 345 g/mol. The highest BCUT2D eigenvalue weighted by Crippen LogP contribution is 2.33. The van der Waals surface area contributed by atoms with E-state index in [2.05, 4.69) is 0 Å². The fourth-order valence-electron chi connectivity index (χ4n) is 2.52. The Hall–Kier alpha value is -2.57. The highest BCUT2D eigenvalue weighted by atomic mass is 32.2. The summed E-state index contributed by atoms with van der Waals surface area (Å²) in [5, 5.41) is 5.09. The fraction of sp³-hybridized carbons (Fsp3) is 0. The Morgan fingerprint density at radius 1 is 0.708 bits per heavy atom. The van der Waals surface area contributed by atoms with Crippen molar-refractivity contribution in [3.8, 4) is 22.3 Å². The van der Waals surface area contributed by atoms with Gasteiger partial charge in [0.05, 0.1) is 4.90 Å². The molecule has 3 nitrogen and oxygen atoms in total. The predicted molar refractivity (Wildman–Crippen MR) is 88.6 cm³/mol. The van der Waals surface area contributed by atoms with Crippen molar-refractivity contribution in [2.24, 2.45) is 5.14 Å². The summed E-state index contributed by atoms with van der Waals surface area (Å²) in [4.78, 5) is 0.000492. The summed E-state index contributed by atoms with van der Waals surface area (Å²) < 4.78 is 49.7. The van der Waals surface area contributed by atoms with E-state index >= 15 is 0 Å². The van der Waals surface area contributed by atoms with Crippen molar-refractivity contribution in [3.63, 3.8) is 0 Å². The van der Waals surface area contributed by atoms with E-state index in [4.69, 9.17) is 5.14 Å². The quantitative estimate of drug-likeness (QED) is 0.781. The van der Waals surface area contributed by atoms with Gasteiger partial charge in [-0.25, -0.2) is 22.3 Å². The van der Waals surface area contributed by atoms with E-state index in [0.717, 1.165) is 11.6 Å². The van der Waals surface area contributed by atoms with Crippen molar-refractivity contribution in [3.05, 3.63) is 78.4 Å². The van der Waals surface area contributed by atoms with E-state index in [1.54, 1.807) is 36.4 Å². The van der Waals surface area contributed by atoms with Crippen molar-refractivity contribution < 1.29 is 17.2 Å². The molecule has 0 radical (unpaired) electrons. The smallest absolute Gasteiger partial charge is 0.225 e. The number of hydrogen-bond acceptors (Lipinski definition) is 2. The van der Waals surface area contributed by atoms with Crippen LogP contribution in [0.15, 0.2) is 71.6 Å². The van der Waals surface area contributed by atoms with Gasteiger partial charge < -0.3 is 0 Å². The molecule has 0 aliphatic heterocycles. The van der Waals surface area contributed by atoms with E-state index in [1.165, 1.54) is 24.3 Å². The first-order valence-corrected chi connectivity index (χ1v) is 8.58. The van der Waals surface area contributed by atoms with E-state index < -0.39 is 21.7 Å². The second-order valence-electron chi connectivity index (χ2n) is 5.27. The normalized spacial score (nSPS) is 11.5. The fourth-order valence-corrected chi connectivity index (χ4v) is 3.04. The molecule has 122 valence electrons. The maximum atomic E-state index is 13.5. The summed E-state index contributed by atoms with van der Waals surface area (Å²) in [5.41, 5.74) is 2.48. The zero-order chi connectivity index (χ0) is 17.3. The average Bonchev–Trinajstić information content (AvgIpc) is 2.53. The van der Waals surface area contributed by atoms with Gasteiger partial charge in [-0.1, -0.05) is 36.4 Å². The third kappa shape index (κ3) is 3.34. The van der Waals surface area contributed by atoms with Crippen LogP contribution in [0.5, 0.6) is 0 Å². The van der Waals surface area contributed by atoms with E-state index in [1.807, 2.05) is 0 Å². The third-order valence-electron chi connectivity index (χ3n) is 3.59. The lowest BCUT2D eigenvalue weighted by atomic mass is 9.94. The van der Waals surface area contributed by atoms with Gasteiger partial charge in [-0.2, -0.15) is 0 Å². The van der Waals surface area contributed by atoms with E-state index in [9.17, 15) is 17.2 Å². The minimum Gasteiger partial charge on any atom is -0.225 e. The first kappa shape index (κ1) is 16.3. The average molecular weight is 345 g/mol. The van der Waals surface area contributed by atoms with Gasteiger partial charge >= 0.3 is 0 Å². The molecule has 0 bridgehead atoms. The van der Waals surface area contributed by atoms with Crippen LogP contribution in [0.2, 0.25) is 0 Å². The van der Waals surface area contributed by atoms with Crippen LogP contribution in [0.1, 0.15) is 0 Å². The number of primary sulfonamides is 1. The molecule has 0 amide bonds. The lowest BCUT2D eigenvalue weighted by Gasteiger charge is -2.11.